The first-order valence-corrected chi connectivity index (χ1v) is 6.76. The van der Waals surface area contributed by atoms with E-state index in [0.29, 0.717) is 0 Å². The van der Waals surface area contributed by atoms with Crippen LogP contribution in [0.2, 0.25) is 0 Å². The van der Waals surface area contributed by atoms with Crippen molar-refractivity contribution in [3.05, 3.63) is 16.0 Å². The zero-order valence-corrected chi connectivity index (χ0v) is 9.33. The van der Waals surface area contributed by atoms with Crippen molar-refractivity contribution in [3.63, 3.8) is 0 Å². The molecule has 3 nitrogen and oxygen atoms in total. The van der Waals surface area contributed by atoms with Crippen LogP contribution in [0.15, 0.2) is 12.4 Å². The molecule has 0 aromatic carbocycles. The number of hydrogen-bond donors (Lipinski definition) is 0. The molecule has 1 aromatic heterocycles. The van der Waals surface area contributed by atoms with E-state index in [1.165, 1.54) is 12.4 Å². The van der Waals surface area contributed by atoms with E-state index in [-0.39, 0.29) is 27.2 Å². The molecule has 0 aliphatic rings. The van der Waals surface area contributed by atoms with Crippen LogP contribution in [0.25, 0.3) is 0 Å². The molecule has 1 heterocycles. The molecule has 0 fully saturated rings. The molecule has 0 saturated carbocycles. The van der Waals surface area contributed by atoms with Crippen LogP contribution >= 0.6 is 0 Å². The third kappa shape index (κ3) is 4.07. The van der Waals surface area contributed by atoms with Crippen molar-refractivity contribution in [2.45, 2.75) is 6.18 Å². The van der Waals surface area contributed by atoms with Crippen LogP contribution in [-0.4, -0.2) is 27.7 Å². The molecule has 0 aliphatic heterocycles. The molecule has 0 bridgehead atoms. The van der Waals surface area contributed by atoms with Crippen molar-refractivity contribution >= 4 is 0 Å². The van der Waals surface area contributed by atoms with Gasteiger partial charge in [-0.3, -0.25) is 0 Å². The Kier molecular flexibility index (Phi) is 3.90. The Morgan fingerprint density at radius 2 is 1.93 bits per heavy atom. The van der Waals surface area contributed by atoms with Gasteiger partial charge in [-0.05, 0) is 0 Å². The number of aromatic nitrogens is 2. The molecule has 1 rings (SSSR count). The van der Waals surface area contributed by atoms with Gasteiger partial charge in [-0.2, -0.15) is 0 Å². The SMILES string of the molecule is C[I-]c1cnc(OCC(F)(F)F)nc1. The van der Waals surface area contributed by atoms with Crippen LogP contribution in [-0.2, 0) is 0 Å². The molecule has 0 spiro atoms. The van der Waals surface area contributed by atoms with E-state index in [0.717, 1.165) is 3.57 Å². The molecule has 14 heavy (non-hydrogen) atoms. The molecule has 0 unspecified atom stereocenters. The Balaban J connectivity index is 2.52. The van der Waals surface area contributed by atoms with Crippen LogP contribution < -0.4 is 25.9 Å². The van der Waals surface area contributed by atoms with Gasteiger partial charge >= 0.3 is 88.8 Å². The first-order valence-electron chi connectivity index (χ1n) is 3.52. The van der Waals surface area contributed by atoms with E-state index < -0.39 is 12.8 Å². The molecular weight excluding hydrogens is 312 g/mol. The molecule has 0 saturated heterocycles. The van der Waals surface area contributed by atoms with Crippen molar-refractivity contribution in [3.8, 4) is 6.01 Å². The van der Waals surface area contributed by atoms with Crippen molar-refractivity contribution in [1.82, 2.24) is 9.97 Å². The van der Waals surface area contributed by atoms with Crippen LogP contribution in [0.1, 0.15) is 0 Å². The first-order chi connectivity index (χ1) is 6.51. The first kappa shape index (κ1) is 11.5. The average Bonchev–Trinajstić information content (AvgIpc) is 2.14. The molecule has 0 radical (unpaired) electrons. The second-order valence-corrected chi connectivity index (χ2v) is 4.60. The van der Waals surface area contributed by atoms with Crippen molar-refractivity contribution in [2.24, 2.45) is 0 Å². The molecule has 0 atom stereocenters. The number of nitrogens with zero attached hydrogens (tertiary/aromatic N) is 2. The molecule has 1 aromatic rings. The van der Waals surface area contributed by atoms with Crippen molar-refractivity contribution < 1.29 is 39.1 Å². The van der Waals surface area contributed by atoms with Gasteiger partial charge in [0.05, 0.1) is 0 Å². The van der Waals surface area contributed by atoms with Gasteiger partial charge in [0.25, 0.3) is 0 Å². The monoisotopic (exact) mass is 319 g/mol. The quantitative estimate of drug-likeness (QED) is 0.492. The molecule has 7 heteroatoms. The van der Waals surface area contributed by atoms with Crippen LogP contribution in [0.4, 0.5) is 13.2 Å². The summed E-state index contributed by atoms with van der Waals surface area (Å²) in [7, 11) is 0. The Bertz CT molecular complexity index is 288. The molecule has 0 amide bonds. The third-order valence-corrected chi connectivity index (χ3v) is 2.98. The van der Waals surface area contributed by atoms with Crippen molar-refractivity contribution in [1.29, 1.82) is 0 Å². The van der Waals surface area contributed by atoms with Gasteiger partial charge in [0.15, 0.2) is 0 Å². The van der Waals surface area contributed by atoms with Gasteiger partial charge in [0.2, 0.25) is 0 Å². The second kappa shape index (κ2) is 4.76. The Hall–Kier alpha value is -0.600. The zero-order chi connectivity index (χ0) is 10.6. The fourth-order valence-corrected chi connectivity index (χ4v) is 1.45. The van der Waals surface area contributed by atoms with Crippen LogP contribution in [0.5, 0.6) is 6.01 Å². The van der Waals surface area contributed by atoms with E-state index in [2.05, 4.69) is 14.7 Å². The van der Waals surface area contributed by atoms with Crippen molar-refractivity contribution in [2.75, 3.05) is 11.5 Å². The predicted molar refractivity (Wildman–Crippen MR) is 38.2 cm³/mol. The summed E-state index contributed by atoms with van der Waals surface area (Å²) in [5.41, 5.74) is 0. The van der Waals surface area contributed by atoms with E-state index in [1.54, 1.807) is 0 Å². The van der Waals surface area contributed by atoms with Crippen LogP contribution in [0, 0.1) is 3.57 Å². The Morgan fingerprint density at radius 1 is 1.36 bits per heavy atom. The van der Waals surface area contributed by atoms with Gasteiger partial charge in [0.1, 0.15) is 0 Å². The minimum absolute atomic E-state index is 0.139. The van der Waals surface area contributed by atoms with Gasteiger partial charge in [-0.25, -0.2) is 0 Å². The third-order valence-electron chi connectivity index (χ3n) is 1.18. The topological polar surface area (TPSA) is 35.0 Å². The summed E-state index contributed by atoms with van der Waals surface area (Å²) < 4.78 is 40.4. The second-order valence-electron chi connectivity index (χ2n) is 2.28. The molecular formula is C7H7F3IN2O-. The number of ether oxygens (including phenoxy) is 1. The Morgan fingerprint density at radius 3 is 2.36 bits per heavy atom. The number of halogens is 4. The normalized spacial score (nSPS) is 11.7. The summed E-state index contributed by atoms with van der Waals surface area (Å²) in [5.74, 6) is 0. The van der Waals surface area contributed by atoms with Gasteiger partial charge < -0.3 is 0 Å². The Labute approximate surface area is 89.0 Å². The summed E-state index contributed by atoms with van der Waals surface area (Å²) in [4.78, 5) is 9.30. The summed E-state index contributed by atoms with van der Waals surface area (Å²) in [6, 6.07) is -0.233. The summed E-state index contributed by atoms with van der Waals surface area (Å²) >= 11 is -0.139. The zero-order valence-electron chi connectivity index (χ0n) is 7.18. The fourth-order valence-electron chi connectivity index (χ4n) is 0.619. The minimum atomic E-state index is -4.35. The number of rotatable bonds is 3. The average molecular weight is 319 g/mol. The summed E-state index contributed by atoms with van der Waals surface area (Å²) in [6.45, 7) is -1.35. The fraction of sp³-hybridized carbons (Fsp3) is 0.429. The van der Waals surface area contributed by atoms with E-state index in [1.807, 2.05) is 4.93 Å². The molecule has 0 N–H and O–H groups in total. The number of alkyl halides is 4. The summed E-state index contributed by atoms with van der Waals surface area (Å²) in [5, 5.41) is 0. The summed E-state index contributed by atoms with van der Waals surface area (Å²) in [6.07, 6.45) is -1.36. The number of hydrogen-bond acceptors (Lipinski definition) is 3. The van der Waals surface area contributed by atoms with Gasteiger partial charge in [0, 0.05) is 0 Å². The van der Waals surface area contributed by atoms with E-state index in [4.69, 9.17) is 0 Å². The van der Waals surface area contributed by atoms with E-state index in [9.17, 15) is 13.2 Å². The van der Waals surface area contributed by atoms with E-state index >= 15 is 0 Å². The van der Waals surface area contributed by atoms with Crippen LogP contribution in [0.3, 0.4) is 0 Å². The standard InChI is InChI=1S/C7H7F3IN2O/c1-11-5-2-12-6(13-3-5)14-4-7(8,9)10/h2-3H,4H2,1H3/q-1. The van der Waals surface area contributed by atoms with Gasteiger partial charge in [-0.1, -0.05) is 0 Å². The maximum absolute atomic E-state index is 11.7. The van der Waals surface area contributed by atoms with Gasteiger partial charge in [-0.15, -0.1) is 0 Å². The predicted octanol–water partition coefficient (Wildman–Crippen LogP) is -1.69. The molecule has 80 valence electrons. The maximum atomic E-state index is 11.7. The molecule has 0 aliphatic carbocycles.